The minimum Gasteiger partial charge on any atom is -0.352 e. The van der Waals surface area contributed by atoms with Crippen LogP contribution in [-0.4, -0.2) is 5.96 Å². The van der Waals surface area contributed by atoms with Gasteiger partial charge in [0.05, 0.1) is 12.6 Å². The second-order valence-electron chi connectivity index (χ2n) is 13.1. The molecule has 1 heterocycles. The standard InChI is InChI=1S/C48H37N3/c1-5-17-33(18-6-1)41-29-37-25-13-15-27-39(37)45-43(41)31-49-48(51-47(35-21-9-3-10-22-35)36-23-11-4-12-24-36)50-32-44-42(34-19-7-2-8-20-34)30-38-26-14-16-28-40(38)46(44)45/h1-30,47H,31-32H2,(H2,49,50,51). The number of hydrogen-bond acceptors (Lipinski definition) is 3. The maximum Gasteiger partial charge on any atom is 0.192 e. The van der Waals surface area contributed by atoms with Gasteiger partial charge in [-0.25, -0.2) is 4.99 Å². The normalized spacial score (nSPS) is 12.6. The molecule has 51 heavy (non-hydrogen) atoms. The molecule has 3 heteroatoms. The maximum atomic E-state index is 5.43. The van der Waals surface area contributed by atoms with Crippen molar-refractivity contribution in [3.8, 4) is 33.4 Å². The van der Waals surface area contributed by atoms with Gasteiger partial charge in [0.1, 0.15) is 0 Å². The van der Waals surface area contributed by atoms with Crippen molar-refractivity contribution in [1.29, 1.82) is 0 Å². The van der Waals surface area contributed by atoms with Crippen molar-refractivity contribution in [1.82, 2.24) is 10.6 Å². The van der Waals surface area contributed by atoms with Gasteiger partial charge in [-0.05, 0) is 89.3 Å². The van der Waals surface area contributed by atoms with Gasteiger partial charge in [-0.2, -0.15) is 0 Å². The largest absolute Gasteiger partial charge is 0.352 e. The van der Waals surface area contributed by atoms with Crippen molar-refractivity contribution >= 4 is 27.5 Å². The van der Waals surface area contributed by atoms with E-state index in [4.69, 9.17) is 4.99 Å². The molecule has 1 aliphatic rings. The van der Waals surface area contributed by atoms with E-state index in [-0.39, 0.29) is 6.04 Å². The van der Waals surface area contributed by atoms with Crippen LogP contribution in [0.25, 0.3) is 54.9 Å². The second-order valence-corrected chi connectivity index (χ2v) is 13.1. The Bertz CT molecular complexity index is 2470. The second kappa shape index (κ2) is 13.5. The molecular weight excluding hydrogens is 619 g/mol. The molecule has 0 unspecified atom stereocenters. The molecule has 8 aromatic rings. The molecule has 0 amide bonds. The van der Waals surface area contributed by atoms with Crippen molar-refractivity contribution in [2.24, 2.45) is 4.99 Å². The monoisotopic (exact) mass is 655 g/mol. The van der Waals surface area contributed by atoms with Crippen molar-refractivity contribution in [2.45, 2.75) is 19.1 Å². The number of aliphatic imine (C=N–C) groups is 1. The fourth-order valence-corrected chi connectivity index (χ4v) is 7.72. The van der Waals surface area contributed by atoms with Gasteiger partial charge in [-0.15, -0.1) is 0 Å². The summed E-state index contributed by atoms with van der Waals surface area (Å²) >= 11 is 0. The first-order valence-corrected chi connectivity index (χ1v) is 17.7. The molecule has 244 valence electrons. The fraction of sp³-hybridized carbons (Fsp3) is 0.0625. The Hall–Kier alpha value is -6.45. The zero-order chi connectivity index (χ0) is 34.0. The smallest absolute Gasteiger partial charge is 0.192 e. The van der Waals surface area contributed by atoms with E-state index < -0.39 is 0 Å². The Kier molecular flexibility index (Phi) is 8.07. The lowest BCUT2D eigenvalue weighted by atomic mass is 9.81. The number of hydrogen-bond donors (Lipinski definition) is 2. The van der Waals surface area contributed by atoms with Crippen molar-refractivity contribution in [2.75, 3.05) is 0 Å². The van der Waals surface area contributed by atoms with Gasteiger partial charge in [0.25, 0.3) is 0 Å². The molecule has 2 N–H and O–H groups in total. The Morgan fingerprint density at radius 1 is 0.471 bits per heavy atom. The van der Waals surface area contributed by atoms with Gasteiger partial charge < -0.3 is 10.6 Å². The first kappa shape index (κ1) is 30.6. The topological polar surface area (TPSA) is 36.4 Å². The molecule has 0 spiro atoms. The molecule has 3 nitrogen and oxygen atoms in total. The van der Waals surface area contributed by atoms with Gasteiger partial charge >= 0.3 is 0 Å². The van der Waals surface area contributed by atoms with Gasteiger partial charge in [0.15, 0.2) is 5.96 Å². The summed E-state index contributed by atoms with van der Waals surface area (Å²) in [6.07, 6.45) is 0. The molecule has 0 aliphatic carbocycles. The van der Waals surface area contributed by atoms with Crippen LogP contribution in [0, 0.1) is 0 Å². The summed E-state index contributed by atoms with van der Waals surface area (Å²) in [4.78, 5) is 5.43. The Balaban J connectivity index is 1.34. The third kappa shape index (κ3) is 5.83. The molecule has 0 saturated heterocycles. The minimum absolute atomic E-state index is 0.0891. The summed E-state index contributed by atoms with van der Waals surface area (Å²) in [7, 11) is 0. The molecule has 0 aromatic heterocycles. The molecule has 0 fully saturated rings. The van der Waals surface area contributed by atoms with E-state index in [2.05, 4.69) is 193 Å². The van der Waals surface area contributed by atoms with E-state index in [1.54, 1.807) is 0 Å². The highest BCUT2D eigenvalue weighted by Crippen LogP contribution is 2.46. The van der Waals surface area contributed by atoms with Crippen LogP contribution in [-0.2, 0) is 13.1 Å². The highest BCUT2D eigenvalue weighted by atomic mass is 15.2. The zero-order valence-corrected chi connectivity index (χ0v) is 28.3. The van der Waals surface area contributed by atoms with Crippen LogP contribution in [0.5, 0.6) is 0 Å². The lowest BCUT2D eigenvalue weighted by molar-refractivity contribution is 0.717. The van der Waals surface area contributed by atoms with Gasteiger partial charge in [0.2, 0.25) is 0 Å². The molecule has 0 atom stereocenters. The van der Waals surface area contributed by atoms with Crippen LogP contribution >= 0.6 is 0 Å². The molecule has 0 bridgehead atoms. The van der Waals surface area contributed by atoms with Gasteiger partial charge in [-0.1, -0.05) is 170 Å². The molecule has 8 aromatic carbocycles. The Morgan fingerprint density at radius 2 is 0.902 bits per heavy atom. The van der Waals surface area contributed by atoms with E-state index in [9.17, 15) is 0 Å². The quantitative estimate of drug-likeness (QED) is 0.194. The molecule has 9 rings (SSSR count). The summed E-state index contributed by atoms with van der Waals surface area (Å²) in [5.41, 5.74) is 12.2. The number of nitrogens with zero attached hydrogens (tertiary/aromatic N) is 1. The summed E-state index contributed by atoms with van der Waals surface area (Å²) in [6, 6.07) is 65.2. The average molecular weight is 656 g/mol. The number of rotatable bonds is 5. The third-order valence-electron chi connectivity index (χ3n) is 10.1. The summed E-state index contributed by atoms with van der Waals surface area (Å²) in [5, 5.41) is 12.6. The minimum atomic E-state index is -0.0891. The first-order valence-electron chi connectivity index (χ1n) is 17.7. The van der Waals surface area contributed by atoms with Crippen molar-refractivity contribution in [3.63, 3.8) is 0 Å². The highest BCUT2D eigenvalue weighted by Gasteiger charge is 2.25. The van der Waals surface area contributed by atoms with E-state index in [1.165, 1.54) is 77.2 Å². The predicted octanol–water partition coefficient (Wildman–Crippen LogP) is 11.3. The summed E-state index contributed by atoms with van der Waals surface area (Å²) < 4.78 is 0. The molecule has 0 radical (unpaired) electrons. The Labute approximate surface area is 299 Å². The van der Waals surface area contributed by atoms with E-state index in [0.717, 1.165) is 5.96 Å². The van der Waals surface area contributed by atoms with Gasteiger partial charge in [0, 0.05) is 6.54 Å². The third-order valence-corrected chi connectivity index (χ3v) is 10.1. The van der Waals surface area contributed by atoms with Crippen LogP contribution in [0.3, 0.4) is 0 Å². The lowest BCUT2D eigenvalue weighted by Crippen LogP contribution is -2.39. The van der Waals surface area contributed by atoms with E-state index >= 15 is 0 Å². The predicted molar refractivity (Wildman–Crippen MR) is 214 cm³/mol. The maximum absolute atomic E-state index is 5.43. The number of nitrogens with one attached hydrogen (secondary N) is 2. The number of benzene rings is 8. The van der Waals surface area contributed by atoms with E-state index in [1.807, 2.05) is 0 Å². The molecule has 1 aliphatic heterocycles. The van der Waals surface area contributed by atoms with Crippen molar-refractivity contribution < 1.29 is 0 Å². The van der Waals surface area contributed by atoms with Crippen LogP contribution in [0.2, 0.25) is 0 Å². The average Bonchev–Trinajstić information content (AvgIpc) is 3.29. The molecule has 0 saturated carbocycles. The number of fused-ring (bicyclic) bond motifs is 7. The first-order chi connectivity index (χ1) is 25.3. The number of guanidine groups is 1. The van der Waals surface area contributed by atoms with Crippen LogP contribution < -0.4 is 10.6 Å². The summed E-state index contributed by atoms with van der Waals surface area (Å²) in [6.45, 7) is 1.09. The highest BCUT2D eigenvalue weighted by molar-refractivity contribution is 6.12. The van der Waals surface area contributed by atoms with Crippen LogP contribution in [0.4, 0.5) is 0 Å². The van der Waals surface area contributed by atoms with Gasteiger partial charge in [-0.3, -0.25) is 0 Å². The zero-order valence-electron chi connectivity index (χ0n) is 28.3. The van der Waals surface area contributed by atoms with Crippen LogP contribution in [0.1, 0.15) is 28.3 Å². The summed E-state index contributed by atoms with van der Waals surface area (Å²) in [5.74, 6) is 0.769. The fourth-order valence-electron chi connectivity index (χ4n) is 7.72. The Morgan fingerprint density at radius 3 is 1.43 bits per heavy atom. The molecular formula is C48H37N3. The lowest BCUT2D eigenvalue weighted by Gasteiger charge is -2.24. The van der Waals surface area contributed by atoms with E-state index in [0.29, 0.717) is 13.1 Å². The van der Waals surface area contributed by atoms with Crippen molar-refractivity contribution in [3.05, 3.63) is 204 Å². The van der Waals surface area contributed by atoms with Crippen LogP contribution in [0.15, 0.2) is 187 Å². The SMILES string of the molecule is c1ccc(-c2cc3ccccc3c3c2CN=C(NC(c2ccccc2)c2ccccc2)NCc2c(-c4ccccc4)cc4ccccc4c2-3)cc1.